The van der Waals surface area contributed by atoms with Gasteiger partial charge in [0.15, 0.2) is 0 Å². The molecule has 2 rings (SSSR count). The molecule has 0 radical (unpaired) electrons. The first-order valence-corrected chi connectivity index (χ1v) is 6.27. The minimum Gasteiger partial charge on any atom is -0.480 e. The number of hydrogen-bond donors (Lipinski definition) is 2. The van der Waals surface area contributed by atoms with Crippen molar-refractivity contribution in [2.45, 2.75) is 6.04 Å². The molecule has 1 atom stereocenters. The lowest BCUT2D eigenvalue weighted by Crippen LogP contribution is -2.43. The number of rotatable bonds is 2. The average molecular weight is 252 g/mol. The molecule has 0 unspecified atom stereocenters. The summed E-state index contributed by atoms with van der Waals surface area (Å²) in [6.45, 7) is 0. The van der Waals surface area contributed by atoms with E-state index in [0.717, 1.165) is 0 Å². The van der Waals surface area contributed by atoms with E-state index < -0.39 is 12.0 Å². The van der Waals surface area contributed by atoms with Crippen molar-refractivity contribution < 1.29 is 14.7 Å². The number of hydrogen-bond acceptors (Lipinski definition) is 3. The third-order valence-electron chi connectivity index (χ3n) is 2.45. The van der Waals surface area contributed by atoms with Gasteiger partial charge in [0.1, 0.15) is 6.04 Å². The van der Waals surface area contributed by atoms with E-state index in [1.807, 2.05) is 18.2 Å². The van der Waals surface area contributed by atoms with Gasteiger partial charge in [0.25, 0.3) is 0 Å². The molecular weight excluding hydrogens is 240 g/mol. The quantitative estimate of drug-likeness (QED) is 0.840. The normalized spacial score (nSPS) is 19.1. The number of benzene rings is 1. The first-order valence-electron chi connectivity index (χ1n) is 5.11. The smallest absolute Gasteiger partial charge is 0.327 e. The van der Waals surface area contributed by atoms with Crippen molar-refractivity contribution in [1.29, 1.82) is 0 Å². The summed E-state index contributed by atoms with van der Waals surface area (Å²) in [7, 11) is 0. The molecule has 0 bridgehead atoms. The van der Waals surface area contributed by atoms with Crippen LogP contribution < -0.4 is 5.32 Å². The summed E-state index contributed by atoms with van der Waals surface area (Å²) in [5.41, 5.74) is 0.665. The summed E-state index contributed by atoms with van der Waals surface area (Å²) in [4.78, 5) is 24.1. The van der Waals surface area contributed by atoms with E-state index in [1.54, 1.807) is 12.1 Å². The third-order valence-corrected chi connectivity index (χ3v) is 3.47. The molecule has 0 saturated carbocycles. The van der Waals surface area contributed by atoms with Crippen LogP contribution in [-0.4, -0.2) is 39.7 Å². The summed E-state index contributed by atoms with van der Waals surface area (Å²) in [5.74, 6) is -0.106. The third kappa shape index (κ3) is 2.71. The Balaban J connectivity index is 2.03. The SMILES string of the molecule is O=C(O)[C@H]1CSCN1C(=O)Nc1ccccc1. The summed E-state index contributed by atoms with van der Waals surface area (Å²) in [6, 6.07) is 7.89. The first kappa shape index (κ1) is 11.8. The fourth-order valence-corrected chi connectivity index (χ4v) is 2.71. The fourth-order valence-electron chi connectivity index (χ4n) is 1.56. The molecule has 0 aromatic heterocycles. The number of carbonyl (C=O) groups excluding carboxylic acids is 1. The van der Waals surface area contributed by atoms with Gasteiger partial charge in [0.05, 0.1) is 5.88 Å². The molecule has 2 N–H and O–H groups in total. The molecule has 1 fully saturated rings. The molecule has 0 spiro atoms. The lowest BCUT2D eigenvalue weighted by atomic mass is 10.3. The van der Waals surface area contributed by atoms with Crippen molar-refractivity contribution in [2.24, 2.45) is 0 Å². The van der Waals surface area contributed by atoms with Gasteiger partial charge in [0.2, 0.25) is 0 Å². The van der Waals surface area contributed by atoms with Crippen molar-refractivity contribution in [1.82, 2.24) is 4.90 Å². The molecule has 0 aliphatic carbocycles. The average Bonchev–Trinajstić information content (AvgIpc) is 2.79. The van der Waals surface area contributed by atoms with Crippen LogP contribution in [0.3, 0.4) is 0 Å². The summed E-state index contributed by atoms with van der Waals surface area (Å²) < 4.78 is 0. The molecule has 6 heteroatoms. The second kappa shape index (κ2) is 5.09. The minimum absolute atomic E-state index is 0.367. The maximum atomic E-state index is 11.9. The Hall–Kier alpha value is -1.69. The molecule has 1 aromatic carbocycles. The highest BCUT2D eigenvalue weighted by Gasteiger charge is 2.34. The molecule has 1 aliphatic rings. The maximum Gasteiger partial charge on any atom is 0.327 e. The zero-order chi connectivity index (χ0) is 12.3. The number of carboxylic acid groups (broad SMARTS) is 1. The van der Waals surface area contributed by atoms with E-state index in [1.165, 1.54) is 16.7 Å². The lowest BCUT2D eigenvalue weighted by Gasteiger charge is -2.20. The van der Waals surface area contributed by atoms with E-state index in [4.69, 9.17) is 5.11 Å². The number of para-hydroxylation sites is 1. The van der Waals surface area contributed by atoms with Crippen molar-refractivity contribution in [3.8, 4) is 0 Å². The molecule has 1 aliphatic heterocycles. The van der Waals surface area contributed by atoms with Crippen LogP contribution in [0.15, 0.2) is 30.3 Å². The van der Waals surface area contributed by atoms with Gasteiger partial charge in [-0.25, -0.2) is 9.59 Å². The summed E-state index contributed by atoms with van der Waals surface area (Å²) in [6.07, 6.45) is 0. The standard InChI is InChI=1S/C11H12N2O3S/c14-10(15)9-6-17-7-13(9)11(16)12-8-4-2-1-3-5-8/h1-5,9H,6-7H2,(H,12,16)(H,14,15)/t9-/m1/s1. The van der Waals surface area contributed by atoms with Crippen LogP contribution in [0.2, 0.25) is 0 Å². The van der Waals surface area contributed by atoms with Crippen LogP contribution in [-0.2, 0) is 4.79 Å². The molecule has 1 saturated heterocycles. The topological polar surface area (TPSA) is 69.6 Å². The highest BCUT2D eigenvalue weighted by atomic mass is 32.2. The maximum absolute atomic E-state index is 11.9. The molecule has 17 heavy (non-hydrogen) atoms. The molecule has 90 valence electrons. The number of anilines is 1. The largest absolute Gasteiger partial charge is 0.480 e. The Labute approximate surface area is 103 Å². The van der Waals surface area contributed by atoms with Gasteiger partial charge in [-0.05, 0) is 12.1 Å². The van der Waals surface area contributed by atoms with E-state index in [-0.39, 0.29) is 6.03 Å². The molecule has 5 nitrogen and oxygen atoms in total. The second-order valence-electron chi connectivity index (χ2n) is 3.62. The van der Waals surface area contributed by atoms with Crippen LogP contribution in [0, 0.1) is 0 Å². The monoisotopic (exact) mass is 252 g/mol. The Morgan fingerprint density at radius 2 is 2.06 bits per heavy atom. The Bertz CT molecular complexity index is 424. The number of aliphatic carboxylic acids is 1. The molecular formula is C11H12N2O3S. The fraction of sp³-hybridized carbons (Fsp3) is 0.273. The van der Waals surface area contributed by atoms with Gasteiger partial charge in [0, 0.05) is 11.4 Å². The molecule has 1 aromatic rings. The number of carbonyl (C=O) groups is 2. The van der Waals surface area contributed by atoms with Crippen LogP contribution >= 0.6 is 11.8 Å². The number of carboxylic acids is 1. The zero-order valence-corrected chi connectivity index (χ0v) is 9.81. The number of nitrogens with zero attached hydrogens (tertiary/aromatic N) is 1. The van der Waals surface area contributed by atoms with E-state index in [2.05, 4.69) is 5.32 Å². The van der Waals surface area contributed by atoms with Crippen molar-refractivity contribution >= 4 is 29.4 Å². The predicted molar refractivity (Wildman–Crippen MR) is 66.0 cm³/mol. The van der Waals surface area contributed by atoms with Gasteiger partial charge in [-0.1, -0.05) is 18.2 Å². The first-order chi connectivity index (χ1) is 8.18. The van der Waals surface area contributed by atoms with Crippen molar-refractivity contribution in [2.75, 3.05) is 16.9 Å². The highest BCUT2D eigenvalue weighted by Crippen LogP contribution is 2.22. The van der Waals surface area contributed by atoms with E-state index in [9.17, 15) is 9.59 Å². The Morgan fingerprint density at radius 3 is 2.71 bits per heavy atom. The van der Waals surface area contributed by atoms with Gasteiger partial charge >= 0.3 is 12.0 Å². The second-order valence-corrected chi connectivity index (χ2v) is 4.62. The summed E-state index contributed by atoms with van der Waals surface area (Å²) >= 11 is 1.44. The van der Waals surface area contributed by atoms with Crippen LogP contribution in [0.4, 0.5) is 10.5 Å². The Kier molecular flexibility index (Phi) is 3.53. The number of thioether (sulfide) groups is 1. The van der Waals surface area contributed by atoms with Gasteiger partial charge < -0.3 is 15.3 Å². The zero-order valence-electron chi connectivity index (χ0n) is 9.00. The van der Waals surface area contributed by atoms with Gasteiger partial charge in [-0.15, -0.1) is 11.8 Å². The van der Waals surface area contributed by atoms with Crippen LogP contribution in [0.1, 0.15) is 0 Å². The van der Waals surface area contributed by atoms with Gasteiger partial charge in [-0.2, -0.15) is 0 Å². The van der Waals surface area contributed by atoms with E-state index >= 15 is 0 Å². The van der Waals surface area contributed by atoms with Crippen molar-refractivity contribution in [3.05, 3.63) is 30.3 Å². The van der Waals surface area contributed by atoms with Gasteiger partial charge in [-0.3, -0.25) is 0 Å². The van der Waals surface area contributed by atoms with E-state index in [0.29, 0.717) is 17.3 Å². The molecule has 2 amide bonds. The number of amides is 2. The van der Waals surface area contributed by atoms with Crippen LogP contribution in [0.25, 0.3) is 0 Å². The summed E-state index contributed by atoms with van der Waals surface area (Å²) in [5, 5.41) is 11.6. The molecule has 1 heterocycles. The van der Waals surface area contributed by atoms with Crippen LogP contribution in [0.5, 0.6) is 0 Å². The number of nitrogens with one attached hydrogen (secondary N) is 1. The highest BCUT2D eigenvalue weighted by molar-refractivity contribution is 7.99. The predicted octanol–water partition coefficient (Wildman–Crippen LogP) is 1.68. The number of urea groups is 1. The Morgan fingerprint density at radius 1 is 1.35 bits per heavy atom. The lowest BCUT2D eigenvalue weighted by molar-refractivity contribution is -0.140. The minimum atomic E-state index is -0.960. The van der Waals surface area contributed by atoms with Crippen molar-refractivity contribution in [3.63, 3.8) is 0 Å².